The largest absolute Gasteiger partial charge is 0.497 e. The first kappa shape index (κ1) is 25.3. The zero-order valence-corrected chi connectivity index (χ0v) is 22.3. The summed E-state index contributed by atoms with van der Waals surface area (Å²) in [6.07, 6.45) is 7.41. The average molecular weight is 516 g/mol. The van der Waals surface area contributed by atoms with Gasteiger partial charge in [-0.2, -0.15) is 0 Å². The molecule has 2 aromatic carbocycles. The molecule has 0 radical (unpaired) electrons. The first-order valence-electron chi connectivity index (χ1n) is 11.9. The van der Waals surface area contributed by atoms with Crippen molar-refractivity contribution in [1.29, 1.82) is 0 Å². The summed E-state index contributed by atoms with van der Waals surface area (Å²) in [6.45, 7) is 3.79. The van der Waals surface area contributed by atoms with Crippen LogP contribution in [-0.2, 0) is 10.0 Å². The summed E-state index contributed by atoms with van der Waals surface area (Å²) in [5.74, 6) is 0.949. The molecule has 0 unspecified atom stereocenters. The summed E-state index contributed by atoms with van der Waals surface area (Å²) in [4.78, 5) is 5.77. The van der Waals surface area contributed by atoms with Crippen LogP contribution in [0.5, 0.6) is 11.5 Å². The maximum atomic E-state index is 13.4. The Balaban J connectivity index is 1.63. The van der Waals surface area contributed by atoms with Gasteiger partial charge in [-0.05, 0) is 74.2 Å². The molecule has 7 nitrogen and oxygen atoms in total. The summed E-state index contributed by atoms with van der Waals surface area (Å²) < 4.78 is 40.2. The number of aryl methyl sites for hydroxylation is 2. The van der Waals surface area contributed by atoms with Crippen LogP contribution >= 0.6 is 11.3 Å². The van der Waals surface area contributed by atoms with Gasteiger partial charge in [0.25, 0.3) is 10.0 Å². The number of anilines is 2. The zero-order chi connectivity index (χ0) is 25.0. The van der Waals surface area contributed by atoms with Crippen molar-refractivity contribution < 1.29 is 17.9 Å². The molecule has 0 bridgehead atoms. The molecular formula is C26H33N3O4S2. The van der Waals surface area contributed by atoms with Gasteiger partial charge in [0.1, 0.15) is 16.4 Å². The number of nitrogens with zero attached hydrogens (tertiary/aromatic N) is 1. The summed E-state index contributed by atoms with van der Waals surface area (Å²) in [5, 5.41) is 4.50. The lowest BCUT2D eigenvalue weighted by Gasteiger charge is -2.15. The van der Waals surface area contributed by atoms with Gasteiger partial charge in [0.05, 0.1) is 30.5 Å². The lowest BCUT2D eigenvalue weighted by molar-refractivity contribution is 0.403. The van der Waals surface area contributed by atoms with Crippen LogP contribution in [0.3, 0.4) is 0 Å². The molecule has 188 valence electrons. The minimum Gasteiger partial charge on any atom is -0.497 e. The van der Waals surface area contributed by atoms with Crippen LogP contribution in [0.1, 0.15) is 49.8 Å². The summed E-state index contributed by atoms with van der Waals surface area (Å²) >= 11 is 1.56. The molecule has 0 saturated heterocycles. The Bertz CT molecular complexity index is 1280. The van der Waals surface area contributed by atoms with Gasteiger partial charge < -0.3 is 14.8 Å². The highest BCUT2D eigenvalue weighted by Gasteiger charge is 2.23. The molecule has 1 saturated carbocycles. The van der Waals surface area contributed by atoms with Crippen molar-refractivity contribution in [2.24, 2.45) is 0 Å². The van der Waals surface area contributed by atoms with Gasteiger partial charge in [0, 0.05) is 6.04 Å². The minimum atomic E-state index is -3.91. The Morgan fingerprint density at radius 1 is 0.971 bits per heavy atom. The van der Waals surface area contributed by atoms with Crippen molar-refractivity contribution in [1.82, 2.24) is 4.98 Å². The van der Waals surface area contributed by atoms with E-state index in [9.17, 15) is 8.42 Å². The number of hydrogen-bond acceptors (Lipinski definition) is 7. The monoisotopic (exact) mass is 515 g/mol. The van der Waals surface area contributed by atoms with E-state index in [1.54, 1.807) is 48.8 Å². The van der Waals surface area contributed by atoms with Crippen molar-refractivity contribution in [3.63, 3.8) is 0 Å². The van der Waals surface area contributed by atoms with Gasteiger partial charge in [-0.25, -0.2) is 13.4 Å². The van der Waals surface area contributed by atoms with Gasteiger partial charge in [0.2, 0.25) is 0 Å². The number of methoxy groups -OCH3 is 2. The predicted molar refractivity (Wildman–Crippen MR) is 142 cm³/mol. The van der Waals surface area contributed by atoms with Crippen molar-refractivity contribution in [2.75, 3.05) is 24.3 Å². The van der Waals surface area contributed by atoms with Crippen LogP contribution < -0.4 is 19.5 Å². The molecule has 1 fully saturated rings. The Hall–Kier alpha value is -2.78. The molecule has 9 heteroatoms. The van der Waals surface area contributed by atoms with E-state index in [2.05, 4.69) is 10.0 Å². The smallest absolute Gasteiger partial charge is 0.265 e. The molecule has 0 aliphatic heterocycles. The van der Waals surface area contributed by atoms with Gasteiger partial charge in [0.15, 0.2) is 5.13 Å². The molecule has 3 aromatic rings. The SMILES string of the molecule is COc1ccc(NS(=O)(=O)c2cc(-c3sc(NC4CCCCCC4)nc3C)ccc2OC)c(C)c1. The first-order chi connectivity index (χ1) is 16.8. The Morgan fingerprint density at radius 2 is 1.71 bits per heavy atom. The number of nitrogens with one attached hydrogen (secondary N) is 2. The molecule has 0 atom stereocenters. The molecule has 4 rings (SSSR count). The lowest BCUT2D eigenvalue weighted by Crippen LogP contribution is -2.17. The van der Waals surface area contributed by atoms with Gasteiger partial charge in [-0.1, -0.05) is 37.0 Å². The second kappa shape index (κ2) is 10.9. The highest BCUT2D eigenvalue weighted by atomic mass is 32.2. The third kappa shape index (κ3) is 5.90. The Labute approximate surface area is 212 Å². The quantitative estimate of drug-likeness (QED) is 0.338. The number of ether oxygens (including phenoxy) is 2. The van der Waals surface area contributed by atoms with Crippen LogP contribution in [0.4, 0.5) is 10.8 Å². The second-order valence-corrected chi connectivity index (χ2v) is 11.6. The number of rotatable bonds is 8. The van der Waals surface area contributed by atoms with Crippen molar-refractivity contribution >= 4 is 32.2 Å². The molecule has 0 spiro atoms. The third-order valence-electron chi connectivity index (χ3n) is 6.37. The fraction of sp³-hybridized carbons (Fsp3) is 0.423. The van der Waals surface area contributed by atoms with E-state index >= 15 is 0 Å². The maximum absolute atomic E-state index is 13.4. The van der Waals surface area contributed by atoms with E-state index in [0.29, 0.717) is 17.5 Å². The Morgan fingerprint density at radius 3 is 2.37 bits per heavy atom. The van der Waals surface area contributed by atoms with Crippen LogP contribution in [0.2, 0.25) is 0 Å². The first-order valence-corrected chi connectivity index (χ1v) is 14.2. The number of sulfonamides is 1. The maximum Gasteiger partial charge on any atom is 0.265 e. The summed E-state index contributed by atoms with van der Waals surface area (Å²) in [5.41, 5.74) is 2.91. The molecule has 1 aliphatic carbocycles. The summed E-state index contributed by atoms with van der Waals surface area (Å²) in [7, 11) is -0.860. The number of aromatic nitrogens is 1. The second-order valence-electron chi connectivity index (χ2n) is 8.92. The zero-order valence-electron chi connectivity index (χ0n) is 20.7. The predicted octanol–water partition coefficient (Wildman–Crippen LogP) is 6.38. The van der Waals surface area contributed by atoms with Gasteiger partial charge in [-0.15, -0.1) is 0 Å². The van der Waals surface area contributed by atoms with E-state index in [0.717, 1.165) is 39.7 Å². The molecule has 0 amide bonds. The van der Waals surface area contributed by atoms with Crippen LogP contribution in [-0.4, -0.2) is 33.7 Å². The number of benzene rings is 2. The van der Waals surface area contributed by atoms with Gasteiger partial charge in [-0.3, -0.25) is 4.72 Å². The highest BCUT2D eigenvalue weighted by molar-refractivity contribution is 7.92. The van der Waals surface area contributed by atoms with Crippen LogP contribution in [0, 0.1) is 13.8 Å². The average Bonchev–Trinajstić information content (AvgIpc) is 3.02. The van der Waals surface area contributed by atoms with Crippen molar-refractivity contribution in [3.8, 4) is 21.9 Å². The van der Waals surface area contributed by atoms with Crippen LogP contribution in [0.15, 0.2) is 41.3 Å². The molecule has 1 heterocycles. The fourth-order valence-electron chi connectivity index (χ4n) is 4.43. The molecule has 1 aliphatic rings. The highest BCUT2D eigenvalue weighted by Crippen LogP contribution is 2.38. The molecule has 35 heavy (non-hydrogen) atoms. The van der Waals surface area contributed by atoms with Crippen molar-refractivity contribution in [3.05, 3.63) is 47.7 Å². The number of thiazole rings is 1. The minimum absolute atomic E-state index is 0.0822. The lowest BCUT2D eigenvalue weighted by atomic mass is 10.1. The van der Waals surface area contributed by atoms with Crippen molar-refractivity contribution in [2.45, 2.75) is 63.3 Å². The van der Waals surface area contributed by atoms with E-state index in [4.69, 9.17) is 14.5 Å². The molecule has 2 N–H and O–H groups in total. The standard InChI is InChI=1S/C26H33N3O4S2/c1-17-15-21(32-3)12-13-22(17)29-35(30,31)24-16-19(11-14-23(24)33-4)25-18(2)27-26(34-25)28-20-9-7-5-6-8-10-20/h11-16,20,29H,5-10H2,1-4H3,(H,27,28). The molecule has 1 aromatic heterocycles. The summed E-state index contributed by atoms with van der Waals surface area (Å²) in [6, 6.07) is 10.9. The van der Waals surface area contributed by atoms with E-state index < -0.39 is 10.0 Å². The number of hydrogen-bond donors (Lipinski definition) is 2. The van der Waals surface area contributed by atoms with Gasteiger partial charge >= 0.3 is 0 Å². The topological polar surface area (TPSA) is 89.5 Å². The Kier molecular flexibility index (Phi) is 7.86. The van der Waals surface area contributed by atoms with E-state index in [-0.39, 0.29) is 10.6 Å². The normalized spacial score (nSPS) is 14.9. The third-order valence-corrected chi connectivity index (χ3v) is 8.90. The molecular weight excluding hydrogens is 482 g/mol. The van der Waals surface area contributed by atoms with E-state index in [1.165, 1.54) is 32.8 Å². The fourth-order valence-corrected chi connectivity index (χ4v) is 6.80. The van der Waals surface area contributed by atoms with Crippen LogP contribution in [0.25, 0.3) is 10.4 Å². The van der Waals surface area contributed by atoms with E-state index in [1.807, 2.05) is 19.9 Å².